The van der Waals surface area contributed by atoms with Gasteiger partial charge in [-0.25, -0.2) is 4.79 Å². The molecule has 0 spiro atoms. The average molecular weight is 253 g/mol. The Bertz CT molecular complexity index is 426. The molecular weight excluding hydrogens is 230 g/mol. The maximum Gasteiger partial charge on any atom is 0.323 e. The third kappa shape index (κ3) is 3.75. The predicted octanol–water partition coefficient (Wildman–Crippen LogP) is 2.05. The first kappa shape index (κ1) is 14.5. The molecule has 0 aliphatic carbocycles. The summed E-state index contributed by atoms with van der Waals surface area (Å²) in [5.74, 6) is -0.0762. The summed E-state index contributed by atoms with van der Waals surface area (Å²) in [6.45, 7) is 7.45. The molecule has 0 aliphatic heterocycles. The minimum Gasteiger partial charge on any atom is -0.337 e. The Morgan fingerprint density at radius 1 is 1.11 bits per heavy atom. The number of nitrogens with zero attached hydrogens (tertiary/aromatic N) is 1. The molecule has 0 aliphatic rings. The lowest BCUT2D eigenvalue weighted by molar-refractivity contribution is 0.0745. The number of hydrogen-bond acceptors (Lipinski definition) is 2. The normalized spacial score (nSPS) is 10.6. The zero-order valence-corrected chi connectivity index (χ0v) is 11.5. The van der Waals surface area contributed by atoms with E-state index < -0.39 is 0 Å². The molecule has 5 heteroatoms. The van der Waals surface area contributed by atoms with E-state index in [1.165, 1.54) is 0 Å². The van der Waals surface area contributed by atoms with Crippen molar-refractivity contribution < 1.29 is 4.79 Å². The van der Waals surface area contributed by atoms with Crippen LogP contribution in [0.15, 0.2) is 4.79 Å². The maximum atomic E-state index is 12.3. The Kier molecular flexibility index (Phi) is 5.68. The number of aromatic amines is 2. The lowest BCUT2D eigenvalue weighted by Gasteiger charge is -2.21. The van der Waals surface area contributed by atoms with Crippen molar-refractivity contribution in [3.05, 3.63) is 21.9 Å². The number of carbonyl (C=O) groups excluding carboxylic acids is 1. The van der Waals surface area contributed by atoms with Crippen LogP contribution in [0.4, 0.5) is 0 Å². The molecule has 2 N–H and O–H groups in total. The molecule has 5 nitrogen and oxygen atoms in total. The molecule has 0 saturated carbocycles. The van der Waals surface area contributed by atoms with Crippen LogP contribution in [-0.4, -0.2) is 33.9 Å². The molecule has 0 aromatic carbocycles. The molecule has 0 saturated heterocycles. The number of carbonyl (C=O) groups is 1. The number of H-pyrrole nitrogens is 2. The highest BCUT2D eigenvalue weighted by atomic mass is 16.2. The van der Waals surface area contributed by atoms with Crippen LogP contribution in [0.3, 0.4) is 0 Å². The van der Waals surface area contributed by atoms with E-state index in [1.54, 1.807) is 6.92 Å². The predicted molar refractivity (Wildman–Crippen MR) is 71.9 cm³/mol. The number of amides is 1. The van der Waals surface area contributed by atoms with Gasteiger partial charge in [-0.1, -0.05) is 26.7 Å². The molecule has 0 unspecified atom stereocenters. The highest BCUT2D eigenvalue weighted by molar-refractivity contribution is 5.93. The summed E-state index contributed by atoms with van der Waals surface area (Å²) in [4.78, 5) is 30.5. The highest BCUT2D eigenvalue weighted by Gasteiger charge is 2.19. The minimum absolute atomic E-state index is 0.0762. The Labute approximate surface area is 108 Å². The van der Waals surface area contributed by atoms with E-state index in [4.69, 9.17) is 0 Å². The van der Waals surface area contributed by atoms with Crippen LogP contribution in [0, 0.1) is 6.92 Å². The molecule has 0 bridgehead atoms. The molecule has 1 heterocycles. The van der Waals surface area contributed by atoms with E-state index in [-0.39, 0.29) is 11.6 Å². The smallest absolute Gasteiger partial charge is 0.323 e. The molecule has 102 valence electrons. The minimum atomic E-state index is -0.318. The molecule has 1 aromatic heterocycles. The zero-order valence-electron chi connectivity index (χ0n) is 11.5. The number of nitrogens with one attached hydrogen (secondary N) is 2. The number of rotatable bonds is 7. The molecule has 0 fully saturated rings. The highest BCUT2D eigenvalue weighted by Crippen LogP contribution is 2.07. The monoisotopic (exact) mass is 253 g/mol. The largest absolute Gasteiger partial charge is 0.337 e. The lowest BCUT2D eigenvalue weighted by Crippen LogP contribution is -2.33. The van der Waals surface area contributed by atoms with E-state index in [9.17, 15) is 9.59 Å². The fourth-order valence-corrected chi connectivity index (χ4v) is 1.86. The summed E-state index contributed by atoms with van der Waals surface area (Å²) >= 11 is 0. The first-order valence-electron chi connectivity index (χ1n) is 6.68. The van der Waals surface area contributed by atoms with Crippen LogP contribution in [-0.2, 0) is 0 Å². The van der Waals surface area contributed by atoms with E-state index in [1.807, 2.05) is 4.90 Å². The third-order valence-corrected chi connectivity index (χ3v) is 2.98. The van der Waals surface area contributed by atoms with Crippen molar-refractivity contribution in [2.75, 3.05) is 13.1 Å². The Morgan fingerprint density at radius 2 is 1.67 bits per heavy atom. The number of aryl methyl sites for hydroxylation is 1. The SMILES string of the molecule is CCCCN(CCCC)C(=O)c1[nH]c(=O)[nH]c1C. The number of hydrogen-bond donors (Lipinski definition) is 2. The van der Waals surface area contributed by atoms with Crippen LogP contribution < -0.4 is 5.69 Å². The molecule has 0 radical (unpaired) electrons. The fraction of sp³-hybridized carbons (Fsp3) is 0.692. The second-order valence-electron chi connectivity index (χ2n) is 4.58. The molecule has 1 amide bonds. The summed E-state index contributed by atoms with van der Waals surface area (Å²) < 4.78 is 0. The lowest BCUT2D eigenvalue weighted by atomic mass is 10.2. The van der Waals surface area contributed by atoms with Gasteiger partial charge < -0.3 is 14.9 Å². The van der Waals surface area contributed by atoms with Crippen molar-refractivity contribution in [1.82, 2.24) is 14.9 Å². The van der Waals surface area contributed by atoms with Crippen LogP contribution >= 0.6 is 0 Å². The van der Waals surface area contributed by atoms with Crippen molar-refractivity contribution in [1.29, 1.82) is 0 Å². The van der Waals surface area contributed by atoms with Crippen molar-refractivity contribution in [2.45, 2.75) is 46.5 Å². The summed E-state index contributed by atoms with van der Waals surface area (Å²) in [5.41, 5.74) is 0.692. The molecule has 0 atom stereocenters. The molecule has 1 aromatic rings. The number of unbranched alkanes of at least 4 members (excludes halogenated alkanes) is 2. The zero-order chi connectivity index (χ0) is 13.5. The van der Waals surface area contributed by atoms with E-state index >= 15 is 0 Å². The number of imidazole rings is 1. The summed E-state index contributed by atoms with van der Waals surface area (Å²) in [5, 5.41) is 0. The van der Waals surface area contributed by atoms with Gasteiger partial charge >= 0.3 is 5.69 Å². The van der Waals surface area contributed by atoms with E-state index in [2.05, 4.69) is 23.8 Å². The molecule has 1 rings (SSSR count). The standard InChI is InChI=1S/C13H23N3O2/c1-4-6-8-16(9-7-5-2)12(17)11-10(3)14-13(18)15-11/h4-9H2,1-3H3,(H2,14,15,18). The van der Waals surface area contributed by atoms with Gasteiger partial charge in [-0.15, -0.1) is 0 Å². The van der Waals surface area contributed by atoms with Gasteiger partial charge in [-0.05, 0) is 19.8 Å². The summed E-state index contributed by atoms with van der Waals surface area (Å²) in [7, 11) is 0. The average Bonchev–Trinajstić information content (AvgIpc) is 2.68. The Balaban J connectivity index is 2.80. The van der Waals surface area contributed by atoms with Crippen LogP contribution in [0.2, 0.25) is 0 Å². The van der Waals surface area contributed by atoms with Gasteiger partial charge in [0.2, 0.25) is 0 Å². The summed E-state index contributed by atoms with van der Waals surface area (Å²) in [6.07, 6.45) is 4.09. The van der Waals surface area contributed by atoms with Crippen molar-refractivity contribution in [2.24, 2.45) is 0 Å². The second kappa shape index (κ2) is 7.03. The first-order chi connectivity index (χ1) is 8.60. The molecule has 18 heavy (non-hydrogen) atoms. The molecular formula is C13H23N3O2. The number of aromatic nitrogens is 2. The van der Waals surface area contributed by atoms with Gasteiger partial charge in [0, 0.05) is 18.8 Å². The fourth-order valence-electron chi connectivity index (χ4n) is 1.86. The Morgan fingerprint density at radius 3 is 2.06 bits per heavy atom. The van der Waals surface area contributed by atoms with Gasteiger partial charge in [-0.2, -0.15) is 0 Å². The van der Waals surface area contributed by atoms with Crippen molar-refractivity contribution >= 4 is 5.91 Å². The van der Waals surface area contributed by atoms with E-state index in [0.29, 0.717) is 11.4 Å². The van der Waals surface area contributed by atoms with Crippen molar-refractivity contribution in [3.8, 4) is 0 Å². The van der Waals surface area contributed by atoms with Gasteiger partial charge in [0.05, 0.1) is 0 Å². The topological polar surface area (TPSA) is 69.0 Å². The quantitative estimate of drug-likeness (QED) is 0.781. The van der Waals surface area contributed by atoms with E-state index in [0.717, 1.165) is 38.8 Å². The van der Waals surface area contributed by atoms with Crippen LogP contribution in [0.25, 0.3) is 0 Å². The van der Waals surface area contributed by atoms with Gasteiger partial charge in [0.1, 0.15) is 5.69 Å². The second-order valence-corrected chi connectivity index (χ2v) is 4.58. The third-order valence-electron chi connectivity index (χ3n) is 2.98. The summed E-state index contributed by atoms with van der Waals surface area (Å²) in [6, 6.07) is 0. The van der Waals surface area contributed by atoms with Gasteiger partial charge in [0.15, 0.2) is 0 Å². The van der Waals surface area contributed by atoms with Crippen molar-refractivity contribution in [3.63, 3.8) is 0 Å². The Hall–Kier alpha value is -1.52. The van der Waals surface area contributed by atoms with Crippen LogP contribution in [0.5, 0.6) is 0 Å². The van der Waals surface area contributed by atoms with Crippen LogP contribution in [0.1, 0.15) is 55.7 Å². The maximum absolute atomic E-state index is 12.3. The first-order valence-corrected chi connectivity index (χ1v) is 6.68. The van der Waals surface area contributed by atoms with Gasteiger partial charge in [0.25, 0.3) is 5.91 Å². The van der Waals surface area contributed by atoms with Gasteiger partial charge in [-0.3, -0.25) is 4.79 Å².